The second-order valence-corrected chi connectivity index (χ2v) is 9.54. The first-order chi connectivity index (χ1) is 15.2. The molecule has 0 unspecified atom stereocenters. The highest BCUT2D eigenvalue weighted by Gasteiger charge is 2.41. The van der Waals surface area contributed by atoms with Gasteiger partial charge in [-0.15, -0.1) is 0 Å². The monoisotopic (exact) mass is 482 g/mol. The molecule has 4 nitrogen and oxygen atoms in total. The SMILES string of the molecule is Cc1ccc(NC2=C(Sc3ccc(Cl)cc3)C(=O)N(c3ccc(Cl)cc3C)C2=O)c(C)c1. The molecule has 3 aromatic carbocycles. The van der Waals surface area contributed by atoms with Crippen LogP contribution in [0.5, 0.6) is 0 Å². The minimum Gasteiger partial charge on any atom is -0.350 e. The summed E-state index contributed by atoms with van der Waals surface area (Å²) in [4.78, 5) is 29.3. The number of anilines is 2. The van der Waals surface area contributed by atoms with Crippen LogP contribution in [0, 0.1) is 20.8 Å². The van der Waals surface area contributed by atoms with Crippen LogP contribution in [0.1, 0.15) is 16.7 Å². The predicted octanol–water partition coefficient (Wildman–Crippen LogP) is 6.91. The summed E-state index contributed by atoms with van der Waals surface area (Å²) in [6, 6.07) is 18.2. The van der Waals surface area contributed by atoms with Crippen molar-refractivity contribution in [2.45, 2.75) is 25.7 Å². The van der Waals surface area contributed by atoms with Gasteiger partial charge in [-0.05, 0) is 80.4 Å². The third kappa shape index (κ3) is 4.42. The van der Waals surface area contributed by atoms with E-state index in [0.29, 0.717) is 20.6 Å². The Morgan fingerprint density at radius 3 is 2.12 bits per heavy atom. The Hall–Kier alpha value is -2.73. The number of aryl methyl sites for hydroxylation is 3. The van der Waals surface area contributed by atoms with E-state index in [2.05, 4.69) is 5.32 Å². The fourth-order valence-electron chi connectivity index (χ4n) is 3.51. The van der Waals surface area contributed by atoms with Crippen LogP contribution in [0.3, 0.4) is 0 Å². The van der Waals surface area contributed by atoms with E-state index in [0.717, 1.165) is 27.3 Å². The van der Waals surface area contributed by atoms with Gasteiger partial charge in [-0.2, -0.15) is 0 Å². The largest absolute Gasteiger partial charge is 0.350 e. The average Bonchev–Trinajstić information content (AvgIpc) is 2.96. The van der Waals surface area contributed by atoms with Crippen LogP contribution in [0.2, 0.25) is 10.0 Å². The zero-order valence-electron chi connectivity index (χ0n) is 17.7. The van der Waals surface area contributed by atoms with Gasteiger partial charge < -0.3 is 5.32 Å². The number of benzene rings is 3. The summed E-state index contributed by atoms with van der Waals surface area (Å²) in [5, 5.41) is 4.37. The van der Waals surface area contributed by atoms with Gasteiger partial charge in [0.2, 0.25) is 0 Å². The zero-order chi connectivity index (χ0) is 23.0. The standard InChI is InChI=1S/C25H20Cl2N2O2S/c1-14-4-10-20(15(2)12-14)28-22-23(32-19-8-5-17(26)6-9-19)25(31)29(24(22)30)21-11-7-18(27)13-16(21)3/h4-13,28H,1-3H3. The fourth-order valence-corrected chi connectivity index (χ4v) is 4.79. The summed E-state index contributed by atoms with van der Waals surface area (Å²) >= 11 is 13.3. The number of nitrogens with one attached hydrogen (secondary N) is 1. The van der Waals surface area contributed by atoms with E-state index in [-0.39, 0.29) is 11.6 Å². The molecule has 0 saturated carbocycles. The second kappa shape index (κ2) is 9.02. The number of hydrogen-bond acceptors (Lipinski definition) is 4. The van der Waals surface area contributed by atoms with E-state index in [1.165, 1.54) is 16.7 Å². The van der Waals surface area contributed by atoms with Crippen molar-refractivity contribution in [1.29, 1.82) is 0 Å². The summed E-state index contributed by atoms with van der Waals surface area (Å²) in [6.45, 7) is 5.79. The highest BCUT2D eigenvalue weighted by molar-refractivity contribution is 8.04. The summed E-state index contributed by atoms with van der Waals surface area (Å²) < 4.78 is 0. The van der Waals surface area contributed by atoms with Crippen molar-refractivity contribution in [3.05, 3.63) is 98.0 Å². The number of carbonyl (C=O) groups is 2. The van der Waals surface area contributed by atoms with Crippen molar-refractivity contribution < 1.29 is 9.59 Å². The first-order valence-electron chi connectivity index (χ1n) is 9.91. The van der Waals surface area contributed by atoms with Crippen molar-refractivity contribution in [2.24, 2.45) is 0 Å². The molecular formula is C25H20Cl2N2O2S. The summed E-state index contributed by atoms with van der Waals surface area (Å²) in [5.74, 6) is -0.788. The Kier molecular flexibility index (Phi) is 6.33. The lowest BCUT2D eigenvalue weighted by Crippen LogP contribution is -2.33. The number of amides is 2. The molecule has 0 fully saturated rings. The minimum atomic E-state index is -0.406. The third-order valence-electron chi connectivity index (χ3n) is 5.12. The number of hydrogen-bond donors (Lipinski definition) is 1. The van der Waals surface area contributed by atoms with E-state index < -0.39 is 5.91 Å². The lowest BCUT2D eigenvalue weighted by atomic mass is 10.1. The minimum absolute atomic E-state index is 0.247. The first kappa shape index (κ1) is 22.5. The van der Waals surface area contributed by atoms with Gasteiger partial charge in [0.25, 0.3) is 11.8 Å². The van der Waals surface area contributed by atoms with Gasteiger partial charge in [0.15, 0.2) is 0 Å². The molecule has 2 amide bonds. The highest BCUT2D eigenvalue weighted by Crippen LogP contribution is 2.39. The van der Waals surface area contributed by atoms with Crippen molar-refractivity contribution in [3.63, 3.8) is 0 Å². The second-order valence-electron chi connectivity index (χ2n) is 7.58. The Morgan fingerprint density at radius 2 is 1.47 bits per heavy atom. The average molecular weight is 483 g/mol. The Bertz CT molecular complexity index is 1270. The summed E-state index contributed by atoms with van der Waals surface area (Å²) in [7, 11) is 0. The smallest absolute Gasteiger partial charge is 0.283 e. The zero-order valence-corrected chi connectivity index (χ0v) is 20.0. The van der Waals surface area contributed by atoms with Crippen LogP contribution in [-0.2, 0) is 9.59 Å². The number of thioether (sulfide) groups is 1. The van der Waals surface area contributed by atoms with Crippen LogP contribution in [0.4, 0.5) is 11.4 Å². The number of rotatable bonds is 5. The van der Waals surface area contributed by atoms with Gasteiger partial charge in [-0.25, -0.2) is 4.90 Å². The molecule has 0 radical (unpaired) electrons. The maximum Gasteiger partial charge on any atom is 0.283 e. The van der Waals surface area contributed by atoms with Crippen LogP contribution in [0.25, 0.3) is 0 Å². The van der Waals surface area contributed by atoms with Crippen LogP contribution in [0.15, 0.2) is 76.2 Å². The number of nitrogens with zero attached hydrogens (tertiary/aromatic N) is 1. The van der Waals surface area contributed by atoms with E-state index in [1.54, 1.807) is 30.3 Å². The number of imide groups is 1. The van der Waals surface area contributed by atoms with Gasteiger partial charge >= 0.3 is 0 Å². The number of carbonyl (C=O) groups excluding carboxylic acids is 2. The van der Waals surface area contributed by atoms with Gasteiger partial charge in [0.1, 0.15) is 10.6 Å². The molecule has 4 rings (SSSR count). The fraction of sp³-hybridized carbons (Fsp3) is 0.120. The van der Waals surface area contributed by atoms with E-state index in [1.807, 2.05) is 51.1 Å². The van der Waals surface area contributed by atoms with Crippen LogP contribution in [-0.4, -0.2) is 11.8 Å². The molecule has 32 heavy (non-hydrogen) atoms. The van der Waals surface area contributed by atoms with Crippen molar-refractivity contribution >= 4 is 58.2 Å². The van der Waals surface area contributed by atoms with E-state index >= 15 is 0 Å². The Balaban J connectivity index is 1.78. The Morgan fingerprint density at radius 1 is 0.781 bits per heavy atom. The van der Waals surface area contributed by atoms with Crippen LogP contribution >= 0.6 is 35.0 Å². The quantitative estimate of drug-likeness (QED) is 0.401. The maximum atomic E-state index is 13.5. The predicted molar refractivity (Wildman–Crippen MR) is 133 cm³/mol. The van der Waals surface area contributed by atoms with Gasteiger partial charge in [0.05, 0.1) is 5.69 Å². The van der Waals surface area contributed by atoms with E-state index in [4.69, 9.17) is 23.2 Å². The highest BCUT2D eigenvalue weighted by atomic mass is 35.5. The Labute approximate surface area is 201 Å². The summed E-state index contributed by atoms with van der Waals surface area (Å²) in [6.07, 6.45) is 0. The third-order valence-corrected chi connectivity index (χ3v) is 6.69. The molecule has 0 spiro atoms. The molecular weight excluding hydrogens is 463 g/mol. The topological polar surface area (TPSA) is 49.4 Å². The maximum absolute atomic E-state index is 13.5. The molecule has 0 bridgehead atoms. The first-order valence-corrected chi connectivity index (χ1v) is 11.5. The number of halogens is 2. The van der Waals surface area contributed by atoms with Gasteiger partial charge in [-0.1, -0.05) is 52.7 Å². The van der Waals surface area contributed by atoms with Crippen LogP contribution < -0.4 is 10.2 Å². The molecule has 1 aliphatic heterocycles. The molecule has 1 aliphatic rings. The molecule has 162 valence electrons. The lowest BCUT2D eigenvalue weighted by Gasteiger charge is -2.18. The van der Waals surface area contributed by atoms with Crippen molar-refractivity contribution in [2.75, 3.05) is 10.2 Å². The molecule has 0 aromatic heterocycles. The van der Waals surface area contributed by atoms with Crippen molar-refractivity contribution in [3.8, 4) is 0 Å². The molecule has 7 heteroatoms. The van der Waals surface area contributed by atoms with Gasteiger partial charge in [0, 0.05) is 20.6 Å². The van der Waals surface area contributed by atoms with Crippen molar-refractivity contribution in [1.82, 2.24) is 0 Å². The van der Waals surface area contributed by atoms with Gasteiger partial charge in [-0.3, -0.25) is 9.59 Å². The summed E-state index contributed by atoms with van der Waals surface area (Å²) in [5.41, 5.74) is 4.37. The lowest BCUT2D eigenvalue weighted by molar-refractivity contribution is -0.120. The molecule has 1 heterocycles. The molecule has 3 aromatic rings. The molecule has 0 saturated heterocycles. The molecule has 0 aliphatic carbocycles. The molecule has 1 N–H and O–H groups in total. The normalized spacial score (nSPS) is 13.8. The van der Waals surface area contributed by atoms with E-state index in [9.17, 15) is 9.59 Å². The molecule has 0 atom stereocenters.